The molecular formula is C20H24N4O3S. The van der Waals surface area contributed by atoms with E-state index in [1.54, 1.807) is 0 Å². The minimum atomic E-state index is -0.908. The third kappa shape index (κ3) is 3.64. The van der Waals surface area contributed by atoms with E-state index in [4.69, 9.17) is 0 Å². The largest absolute Gasteiger partial charge is 0.325 e. The first kappa shape index (κ1) is 20.0. The summed E-state index contributed by atoms with van der Waals surface area (Å²) in [5, 5.41) is 7.70. The van der Waals surface area contributed by atoms with Gasteiger partial charge in [0.2, 0.25) is 5.91 Å². The standard InChI is InChI=1S/C20H24N4O3S/c1-5-20(6-2)17(26)24(19(27)23-20)10-16(25)22-18-21-15(11-28-18)14-8-7-12(3)13(4)9-14/h7-9,11H,5-6,10H2,1-4H3,(H,23,27)(H,21,22,25). The number of aryl methyl sites for hydroxylation is 2. The molecule has 0 spiro atoms. The molecule has 3 rings (SSSR count). The normalized spacial score (nSPS) is 15.6. The average Bonchev–Trinajstić information content (AvgIpc) is 3.22. The van der Waals surface area contributed by atoms with E-state index in [-0.39, 0.29) is 12.5 Å². The second kappa shape index (κ2) is 7.71. The number of thiazole rings is 1. The number of nitrogens with one attached hydrogen (secondary N) is 2. The van der Waals surface area contributed by atoms with Crippen LogP contribution in [0.2, 0.25) is 0 Å². The van der Waals surface area contributed by atoms with E-state index in [1.165, 1.54) is 22.5 Å². The van der Waals surface area contributed by atoms with Gasteiger partial charge in [-0.15, -0.1) is 11.3 Å². The number of benzene rings is 1. The van der Waals surface area contributed by atoms with Crippen LogP contribution in [0.1, 0.15) is 37.8 Å². The fourth-order valence-electron chi connectivity index (χ4n) is 3.22. The predicted octanol–water partition coefficient (Wildman–Crippen LogP) is 3.48. The molecule has 0 unspecified atom stereocenters. The van der Waals surface area contributed by atoms with Crippen molar-refractivity contribution in [2.45, 2.75) is 46.1 Å². The number of urea groups is 1. The summed E-state index contributed by atoms with van der Waals surface area (Å²) in [5.74, 6) is -0.805. The lowest BCUT2D eigenvalue weighted by atomic mass is 9.93. The Morgan fingerprint density at radius 1 is 1.21 bits per heavy atom. The molecule has 2 N–H and O–H groups in total. The van der Waals surface area contributed by atoms with Crippen molar-refractivity contribution >= 4 is 34.3 Å². The van der Waals surface area contributed by atoms with Gasteiger partial charge < -0.3 is 10.6 Å². The summed E-state index contributed by atoms with van der Waals surface area (Å²) in [6.07, 6.45) is 0.968. The molecule has 2 heterocycles. The molecule has 1 aromatic heterocycles. The number of hydrogen-bond acceptors (Lipinski definition) is 5. The molecule has 7 nitrogen and oxygen atoms in total. The number of hydrogen-bond donors (Lipinski definition) is 2. The molecule has 4 amide bonds. The van der Waals surface area contributed by atoms with Crippen molar-refractivity contribution in [3.63, 3.8) is 0 Å². The first-order valence-corrected chi connectivity index (χ1v) is 10.1. The Morgan fingerprint density at radius 3 is 2.54 bits per heavy atom. The summed E-state index contributed by atoms with van der Waals surface area (Å²) in [6.45, 7) is 7.45. The van der Waals surface area contributed by atoms with Crippen LogP contribution in [0.15, 0.2) is 23.6 Å². The second-order valence-electron chi connectivity index (χ2n) is 7.00. The molecule has 1 saturated heterocycles. The van der Waals surface area contributed by atoms with Gasteiger partial charge in [0.05, 0.1) is 5.69 Å². The van der Waals surface area contributed by atoms with Crippen molar-refractivity contribution in [2.75, 3.05) is 11.9 Å². The van der Waals surface area contributed by atoms with Gasteiger partial charge in [-0.05, 0) is 43.9 Å². The summed E-state index contributed by atoms with van der Waals surface area (Å²) in [6, 6.07) is 5.55. The Balaban J connectivity index is 1.67. The van der Waals surface area contributed by atoms with Gasteiger partial charge in [-0.2, -0.15) is 0 Å². The number of carbonyl (C=O) groups is 3. The molecule has 1 aromatic carbocycles. The average molecular weight is 401 g/mol. The van der Waals surface area contributed by atoms with Crippen LogP contribution < -0.4 is 10.6 Å². The van der Waals surface area contributed by atoms with Crippen LogP contribution in [0.3, 0.4) is 0 Å². The van der Waals surface area contributed by atoms with Gasteiger partial charge in [-0.3, -0.25) is 14.5 Å². The number of rotatable bonds is 6. The number of anilines is 1. The van der Waals surface area contributed by atoms with Gasteiger partial charge in [0.15, 0.2) is 5.13 Å². The molecule has 1 fully saturated rings. The van der Waals surface area contributed by atoms with Crippen molar-refractivity contribution in [1.82, 2.24) is 15.2 Å². The van der Waals surface area contributed by atoms with E-state index in [2.05, 4.69) is 21.7 Å². The monoisotopic (exact) mass is 400 g/mol. The van der Waals surface area contributed by atoms with Gasteiger partial charge >= 0.3 is 6.03 Å². The lowest BCUT2D eigenvalue weighted by Gasteiger charge is -2.22. The van der Waals surface area contributed by atoms with E-state index in [0.29, 0.717) is 18.0 Å². The molecule has 1 aliphatic heterocycles. The number of aromatic nitrogens is 1. The van der Waals surface area contributed by atoms with Gasteiger partial charge in [0.1, 0.15) is 12.1 Å². The Morgan fingerprint density at radius 2 is 1.93 bits per heavy atom. The summed E-state index contributed by atoms with van der Waals surface area (Å²) >= 11 is 1.30. The van der Waals surface area contributed by atoms with Crippen LogP contribution >= 0.6 is 11.3 Å². The topological polar surface area (TPSA) is 91.4 Å². The van der Waals surface area contributed by atoms with E-state index < -0.39 is 17.5 Å². The van der Waals surface area contributed by atoms with Gasteiger partial charge in [-0.25, -0.2) is 9.78 Å². The highest BCUT2D eigenvalue weighted by Crippen LogP contribution is 2.27. The molecule has 0 aliphatic carbocycles. The molecule has 0 atom stereocenters. The molecule has 0 bridgehead atoms. The summed E-state index contributed by atoms with van der Waals surface area (Å²) < 4.78 is 0. The first-order valence-electron chi connectivity index (χ1n) is 9.26. The van der Waals surface area contributed by atoms with E-state index in [9.17, 15) is 14.4 Å². The molecule has 0 saturated carbocycles. The Kier molecular flexibility index (Phi) is 5.51. The van der Waals surface area contributed by atoms with Crippen LogP contribution in [0.25, 0.3) is 11.3 Å². The summed E-state index contributed by atoms with van der Waals surface area (Å²) in [4.78, 5) is 42.5. The minimum absolute atomic E-state index is 0.328. The fourth-order valence-corrected chi connectivity index (χ4v) is 3.95. The van der Waals surface area contributed by atoms with Crippen molar-refractivity contribution in [1.29, 1.82) is 0 Å². The molecular weight excluding hydrogens is 376 g/mol. The zero-order chi connectivity index (χ0) is 20.5. The lowest BCUT2D eigenvalue weighted by Crippen LogP contribution is -2.46. The second-order valence-corrected chi connectivity index (χ2v) is 7.85. The SMILES string of the molecule is CCC1(CC)NC(=O)N(CC(=O)Nc2nc(-c3ccc(C)c(C)c3)cs2)C1=O. The summed E-state index contributed by atoms with van der Waals surface area (Å²) in [7, 11) is 0. The Hall–Kier alpha value is -2.74. The molecule has 8 heteroatoms. The van der Waals surface area contributed by atoms with Crippen LogP contribution in [-0.4, -0.2) is 39.8 Å². The van der Waals surface area contributed by atoms with Crippen molar-refractivity contribution < 1.29 is 14.4 Å². The number of imide groups is 1. The highest BCUT2D eigenvalue weighted by atomic mass is 32.1. The quantitative estimate of drug-likeness (QED) is 0.726. The van der Waals surface area contributed by atoms with Gasteiger partial charge in [0, 0.05) is 10.9 Å². The zero-order valence-corrected chi connectivity index (χ0v) is 17.3. The fraction of sp³-hybridized carbons (Fsp3) is 0.400. The Labute approximate surface area is 168 Å². The molecule has 2 aromatic rings. The zero-order valence-electron chi connectivity index (χ0n) is 16.5. The van der Waals surface area contributed by atoms with Crippen LogP contribution in [-0.2, 0) is 9.59 Å². The maximum absolute atomic E-state index is 12.6. The lowest BCUT2D eigenvalue weighted by molar-refractivity contribution is -0.134. The van der Waals surface area contributed by atoms with Crippen LogP contribution in [0.4, 0.5) is 9.93 Å². The van der Waals surface area contributed by atoms with Crippen LogP contribution in [0, 0.1) is 13.8 Å². The molecule has 1 aliphatic rings. The van der Waals surface area contributed by atoms with E-state index >= 15 is 0 Å². The van der Waals surface area contributed by atoms with Gasteiger partial charge in [-0.1, -0.05) is 26.0 Å². The first-order chi connectivity index (χ1) is 13.3. The number of nitrogens with zero attached hydrogens (tertiary/aromatic N) is 2. The van der Waals surface area contributed by atoms with E-state index in [1.807, 2.05) is 45.2 Å². The minimum Gasteiger partial charge on any atom is -0.323 e. The molecule has 0 radical (unpaired) electrons. The van der Waals surface area contributed by atoms with E-state index in [0.717, 1.165) is 16.2 Å². The highest BCUT2D eigenvalue weighted by molar-refractivity contribution is 7.14. The Bertz CT molecular complexity index is 933. The van der Waals surface area contributed by atoms with Gasteiger partial charge in [0.25, 0.3) is 5.91 Å². The number of amides is 4. The third-order valence-corrected chi connectivity index (χ3v) is 6.07. The maximum atomic E-state index is 12.6. The van der Waals surface area contributed by atoms with Crippen LogP contribution in [0.5, 0.6) is 0 Å². The van der Waals surface area contributed by atoms with Crippen molar-refractivity contribution in [2.24, 2.45) is 0 Å². The number of carbonyl (C=O) groups excluding carboxylic acids is 3. The van der Waals surface area contributed by atoms with Crippen molar-refractivity contribution in [3.8, 4) is 11.3 Å². The molecule has 28 heavy (non-hydrogen) atoms. The third-order valence-electron chi connectivity index (χ3n) is 5.31. The smallest absolute Gasteiger partial charge is 0.323 e. The molecule has 148 valence electrons. The summed E-state index contributed by atoms with van der Waals surface area (Å²) in [5.41, 5.74) is 3.22. The van der Waals surface area contributed by atoms with Crippen molar-refractivity contribution in [3.05, 3.63) is 34.7 Å². The predicted molar refractivity (Wildman–Crippen MR) is 109 cm³/mol. The highest BCUT2D eigenvalue weighted by Gasteiger charge is 2.49. The maximum Gasteiger partial charge on any atom is 0.325 e.